The second kappa shape index (κ2) is 11.1. The zero-order valence-corrected chi connectivity index (χ0v) is 20.1. The predicted octanol–water partition coefficient (Wildman–Crippen LogP) is 2.47. The van der Waals surface area contributed by atoms with Crippen molar-refractivity contribution in [3.8, 4) is 0 Å². The SMILES string of the molecule is CN=C(NCC1(c2ccc(F)cc2)CCOCC1)N1CCC(N2CCOCC2)C1.I. The van der Waals surface area contributed by atoms with E-state index in [0.29, 0.717) is 6.04 Å². The average molecular weight is 532 g/mol. The van der Waals surface area contributed by atoms with Crippen LogP contribution >= 0.6 is 24.0 Å². The number of halogens is 2. The summed E-state index contributed by atoms with van der Waals surface area (Å²) in [5.41, 5.74) is 1.13. The van der Waals surface area contributed by atoms with Crippen molar-refractivity contribution in [3.05, 3.63) is 35.6 Å². The van der Waals surface area contributed by atoms with Gasteiger partial charge in [-0.25, -0.2) is 4.39 Å². The minimum atomic E-state index is -0.189. The van der Waals surface area contributed by atoms with Crippen LogP contribution in [0.1, 0.15) is 24.8 Å². The lowest BCUT2D eigenvalue weighted by Crippen LogP contribution is -2.50. The molecule has 0 radical (unpaired) electrons. The molecule has 0 saturated carbocycles. The van der Waals surface area contributed by atoms with E-state index in [2.05, 4.69) is 20.1 Å². The van der Waals surface area contributed by atoms with Gasteiger partial charge < -0.3 is 19.7 Å². The number of hydrogen-bond acceptors (Lipinski definition) is 4. The quantitative estimate of drug-likeness (QED) is 0.367. The van der Waals surface area contributed by atoms with Crippen molar-refractivity contribution in [3.63, 3.8) is 0 Å². The summed E-state index contributed by atoms with van der Waals surface area (Å²) in [4.78, 5) is 9.49. The monoisotopic (exact) mass is 532 g/mol. The summed E-state index contributed by atoms with van der Waals surface area (Å²) in [6.07, 6.45) is 3.02. The number of aliphatic imine (C=N–C) groups is 1. The fourth-order valence-corrected chi connectivity index (χ4v) is 4.89. The zero-order chi connectivity index (χ0) is 20.1. The van der Waals surface area contributed by atoms with Gasteiger partial charge in [-0.15, -0.1) is 24.0 Å². The number of guanidine groups is 1. The van der Waals surface area contributed by atoms with Gasteiger partial charge >= 0.3 is 0 Å². The molecule has 3 aliphatic heterocycles. The van der Waals surface area contributed by atoms with E-state index in [9.17, 15) is 4.39 Å². The highest BCUT2D eigenvalue weighted by atomic mass is 127. The van der Waals surface area contributed by atoms with Crippen molar-refractivity contribution < 1.29 is 13.9 Å². The predicted molar refractivity (Wildman–Crippen MR) is 127 cm³/mol. The van der Waals surface area contributed by atoms with E-state index in [0.717, 1.165) is 84.4 Å². The lowest BCUT2D eigenvalue weighted by atomic mass is 9.74. The first-order valence-corrected chi connectivity index (χ1v) is 10.8. The Labute approximate surface area is 196 Å². The second-order valence-corrected chi connectivity index (χ2v) is 8.34. The molecule has 0 spiro atoms. The van der Waals surface area contributed by atoms with Crippen molar-refractivity contribution >= 4 is 29.9 Å². The largest absolute Gasteiger partial charge is 0.381 e. The van der Waals surface area contributed by atoms with Gasteiger partial charge in [0.25, 0.3) is 0 Å². The van der Waals surface area contributed by atoms with Crippen molar-refractivity contribution in [1.82, 2.24) is 15.1 Å². The maximum Gasteiger partial charge on any atom is 0.193 e. The van der Waals surface area contributed by atoms with Crippen LogP contribution in [0, 0.1) is 5.82 Å². The molecular weight excluding hydrogens is 498 g/mol. The molecule has 1 atom stereocenters. The second-order valence-electron chi connectivity index (χ2n) is 8.34. The van der Waals surface area contributed by atoms with Gasteiger partial charge in [-0.05, 0) is 37.0 Å². The van der Waals surface area contributed by atoms with Gasteiger partial charge in [-0.2, -0.15) is 0 Å². The van der Waals surface area contributed by atoms with Crippen LogP contribution in [-0.4, -0.2) is 88.0 Å². The van der Waals surface area contributed by atoms with Gasteiger partial charge in [-0.1, -0.05) is 12.1 Å². The summed E-state index contributed by atoms with van der Waals surface area (Å²) in [7, 11) is 1.86. The van der Waals surface area contributed by atoms with Crippen molar-refractivity contribution in [2.24, 2.45) is 4.99 Å². The zero-order valence-electron chi connectivity index (χ0n) is 17.8. The Morgan fingerprint density at radius 1 is 1.10 bits per heavy atom. The fraction of sp³-hybridized carbons (Fsp3) is 0.682. The molecule has 3 fully saturated rings. The molecule has 0 bridgehead atoms. The van der Waals surface area contributed by atoms with E-state index in [1.54, 1.807) is 12.1 Å². The number of nitrogens with zero attached hydrogens (tertiary/aromatic N) is 3. The van der Waals surface area contributed by atoms with Crippen LogP contribution in [0.3, 0.4) is 0 Å². The molecule has 4 rings (SSSR count). The number of ether oxygens (including phenoxy) is 2. The standard InChI is InChI=1S/C22H33FN4O2.HI/c1-24-21(27-9-6-20(16-27)26-10-14-29-15-11-26)25-17-22(7-12-28-13-8-22)18-2-4-19(23)5-3-18;/h2-5,20H,6-17H2,1H3,(H,24,25);1H. The van der Waals surface area contributed by atoms with Crippen LogP contribution in [-0.2, 0) is 14.9 Å². The molecule has 168 valence electrons. The molecule has 0 aromatic heterocycles. The fourth-order valence-electron chi connectivity index (χ4n) is 4.89. The number of benzene rings is 1. The maximum atomic E-state index is 13.5. The molecule has 30 heavy (non-hydrogen) atoms. The Kier molecular flexibility index (Phi) is 8.73. The summed E-state index contributed by atoms with van der Waals surface area (Å²) in [6, 6.07) is 7.56. The van der Waals surface area contributed by atoms with Crippen LogP contribution in [0.5, 0.6) is 0 Å². The summed E-state index contributed by atoms with van der Waals surface area (Å²) in [5, 5.41) is 3.64. The average Bonchev–Trinajstić information content (AvgIpc) is 3.26. The van der Waals surface area contributed by atoms with Gasteiger partial charge in [-0.3, -0.25) is 9.89 Å². The van der Waals surface area contributed by atoms with Crippen molar-refractivity contribution in [2.45, 2.75) is 30.7 Å². The van der Waals surface area contributed by atoms with Crippen molar-refractivity contribution in [2.75, 3.05) is 66.2 Å². The molecular formula is C22H34FIN4O2. The molecule has 6 nitrogen and oxygen atoms in total. The number of rotatable bonds is 4. The Morgan fingerprint density at radius 2 is 1.77 bits per heavy atom. The van der Waals surface area contributed by atoms with E-state index >= 15 is 0 Å². The number of likely N-dealkylation sites (tertiary alicyclic amines) is 1. The Hall–Kier alpha value is -0.970. The van der Waals surface area contributed by atoms with Crippen LogP contribution in [0.15, 0.2) is 29.3 Å². The van der Waals surface area contributed by atoms with E-state index in [-0.39, 0.29) is 35.2 Å². The molecule has 3 saturated heterocycles. The van der Waals surface area contributed by atoms with Crippen LogP contribution in [0.2, 0.25) is 0 Å². The van der Waals surface area contributed by atoms with E-state index in [1.165, 1.54) is 5.56 Å². The van der Waals surface area contributed by atoms with Gasteiger partial charge in [0.15, 0.2) is 5.96 Å². The minimum absolute atomic E-state index is 0. The molecule has 3 aliphatic rings. The Bertz CT molecular complexity index is 691. The van der Waals surface area contributed by atoms with Crippen LogP contribution in [0.25, 0.3) is 0 Å². The third-order valence-corrected chi connectivity index (χ3v) is 6.73. The number of hydrogen-bond donors (Lipinski definition) is 1. The molecule has 1 aromatic carbocycles. The summed E-state index contributed by atoms with van der Waals surface area (Å²) < 4.78 is 24.6. The molecule has 0 amide bonds. The first kappa shape index (κ1) is 23.7. The summed E-state index contributed by atoms with van der Waals surface area (Å²) >= 11 is 0. The molecule has 1 unspecified atom stereocenters. The Balaban J connectivity index is 0.00000256. The third kappa shape index (κ3) is 5.44. The lowest BCUT2D eigenvalue weighted by Gasteiger charge is -2.39. The van der Waals surface area contributed by atoms with E-state index in [4.69, 9.17) is 9.47 Å². The van der Waals surface area contributed by atoms with Crippen LogP contribution < -0.4 is 5.32 Å². The van der Waals surface area contributed by atoms with Crippen LogP contribution in [0.4, 0.5) is 4.39 Å². The molecule has 1 N–H and O–H groups in total. The highest BCUT2D eigenvalue weighted by molar-refractivity contribution is 14.0. The van der Waals surface area contributed by atoms with Crippen molar-refractivity contribution in [1.29, 1.82) is 0 Å². The van der Waals surface area contributed by atoms with Gasteiger partial charge in [0.05, 0.1) is 13.2 Å². The normalized spacial score (nSPS) is 25.1. The molecule has 0 aliphatic carbocycles. The van der Waals surface area contributed by atoms with Gasteiger partial charge in [0.1, 0.15) is 5.82 Å². The highest BCUT2D eigenvalue weighted by Gasteiger charge is 2.36. The van der Waals surface area contributed by atoms with E-state index < -0.39 is 0 Å². The summed E-state index contributed by atoms with van der Waals surface area (Å²) in [5.74, 6) is 0.777. The topological polar surface area (TPSA) is 49.3 Å². The molecule has 8 heteroatoms. The van der Waals surface area contributed by atoms with E-state index in [1.807, 2.05) is 19.2 Å². The summed E-state index contributed by atoms with van der Waals surface area (Å²) in [6.45, 7) is 8.02. The number of nitrogens with one attached hydrogen (secondary N) is 1. The highest BCUT2D eigenvalue weighted by Crippen LogP contribution is 2.34. The first-order valence-electron chi connectivity index (χ1n) is 10.8. The lowest BCUT2D eigenvalue weighted by molar-refractivity contribution is 0.0194. The first-order chi connectivity index (χ1) is 14.2. The minimum Gasteiger partial charge on any atom is -0.381 e. The maximum absolute atomic E-state index is 13.5. The third-order valence-electron chi connectivity index (χ3n) is 6.73. The van der Waals surface area contributed by atoms with Gasteiger partial charge in [0, 0.05) is 64.4 Å². The molecule has 1 aromatic rings. The smallest absolute Gasteiger partial charge is 0.193 e. The Morgan fingerprint density at radius 3 is 2.43 bits per heavy atom. The van der Waals surface area contributed by atoms with Gasteiger partial charge in [0.2, 0.25) is 0 Å². The number of morpholine rings is 1. The molecule has 3 heterocycles.